The van der Waals surface area contributed by atoms with Crippen LogP contribution in [0.15, 0.2) is 40.9 Å². The van der Waals surface area contributed by atoms with Crippen molar-refractivity contribution in [2.45, 2.75) is 26.4 Å². The maximum Gasteiger partial charge on any atom is 0.134 e. The van der Waals surface area contributed by atoms with Crippen LogP contribution in [0, 0.1) is 6.92 Å². The number of aromatic amines is 1. The van der Waals surface area contributed by atoms with Gasteiger partial charge in [-0.2, -0.15) is 5.10 Å². The lowest BCUT2D eigenvalue weighted by Gasteiger charge is -2.11. The van der Waals surface area contributed by atoms with Crippen LogP contribution in [-0.2, 0) is 6.54 Å². The van der Waals surface area contributed by atoms with Gasteiger partial charge in [0.1, 0.15) is 11.3 Å². The predicted octanol–water partition coefficient (Wildman–Crippen LogP) is 3.32. The molecule has 0 radical (unpaired) electrons. The second-order valence-corrected chi connectivity index (χ2v) is 4.77. The van der Waals surface area contributed by atoms with E-state index >= 15 is 0 Å². The summed E-state index contributed by atoms with van der Waals surface area (Å²) in [6.45, 7) is 4.97. The third-order valence-corrected chi connectivity index (χ3v) is 3.43. The average molecular weight is 255 g/mol. The SMILES string of the molecule is Cc1c(C(C)NCc2ccn[nH]2)oc2ccccc12. The van der Waals surface area contributed by atoms with Gasteiger partial charge in [-0.05, 0) is 31.5 Å². The Morgan fingerprint density at radius 3 is 2.89 bits per heavy atom. The molecule has 0 saturated heterocycles. The second kappa shape index (κ2) is 4.90. The van der Waals surface area contributed by atoms with Crippen LogP contribution in [0.3, 0.4) is 0 Å². The second-order valence-electron chi connectivity index (χ2n) is 4.77. The number of para-hydroxylation sites is 1. The van der Waals surface area contributed by atoms with Gasteiger partial charge in [-0.15, -0.1) is 0 Å². The molecule has 0 fully saturated rings. The van der Waals surface area contributed by atoms with Crippen molar-refractivity contribution in [3.8, 4) is 0 Å². The van der Waals surface area contributed by atoms with Crippen LogP contribution in [0.25, 0.3) is 11.0 Å². The Morgan fingerprint density at radius 2 is 2.16 bits per heavy atom. The van der Waals surface area contributed by atoms with Crippen molar-refractivity contribution in [1.82, 2.24) is 15.5 Å². The molecule has 2 heterocycles. The first-order valence-electron chi connectivity index (χ1n) is 6.45. The van der Waals surface area contributed by atoms with Gasteiger partial charge in [-0.3, -0.25) is 5.10 Å². The van der Waals surface area contributed by atoms with E-state index in [1.54, 1.807) is 6.20 Å². The minimum atomic E-state index is 0.163. The molecule has 0 amide bonds. The highest BCUT2D eigenvalue weighted by Gasteiger charge is 2.15. The van der Waals surface area contributed by atoms with Gasteiger partial charge in [0.05, 0.1) is 6.04 Å². The molecular weight excluding hydrogens is 238 g/mol. The number of rotatable bonds is 4. The fourth-order valence-corrected chi connectivity index (χ4v) is 2.35. The molecule has 0 aliphatic heterocycles. The van der Waals surface area contributed by atoms with E-state index in [0.717, 1.165) is 23.6 Å². The van der Waals surface area contributed by atoms with Gasteiger partial charge in [-0.1, -0.05) is 18.2 Å². The summed E-state index contributed by atoms with van der Waals surface area (Å²) in [5.41, 5.74) is 3.23. The Balaban J connectivity index is 1.81. The fourth-order valence-electron chi connectivity index (χ4n) is 2.35. The summed E-state index contributed by atoms with van der Waals surface area (Å²) in [5, 5.41) is 11.5. The number of benzene rings is 1. The molecular formula is C15H17N3O. The van der Waals surface area contributed by atoms with Crippen LogP contribution in [0.1, 0.15) is 30.0 Å². The normalized spacial score (nSPS) is 12.9. The van der Waals surface area contributed by atoms with E-state index in [9.17, 15) is 0 Å². The van der Waals surface area contributed by atoms with Gasteiger partial charge >= 0.3 is 0 Å². The number of furan rings is 1. The van der Waals surface area contributed by atoms with Gasteiger partial charge in [0.25, 0.3) is 0 Å². The Morgan fingerprint density at radius 1 is 1.32 bits per heavy atom. The lowest BCUT2D eigenvalue weighted by Crippen LogP contribution is -2.18. The van der Waals surface area contributed by atoms with Gasteiger partial charge < -0.3 is 9.73 Å². The summed E-state index contributed by atoms with van der Waals surface area (Å²) < 4.78 is 5.94. The van der Waals surface area contributed by atoms with Crippen molar-refractivity contribution >= 4 is 11.0 Å². The van der Waals surface area contributed by atoms with Crippen molar-refractivity contribution in [1.29, 1.82) is 0 Å². The van der Waals surface area contributed by atoms with E-state index in [1.165, 1.54) is 10.9 Å². The zero-order chi connectivity index (χ0) is 13.2. The molecule has 2 N–H and O–H groups in total. The molecule has 0 bridgehead atoms. The lowest BCUT2D eigenvalue weighted by molar-refractivity contribution is 0.445. The van der Waals surface area contributed by atoms with Crippen LogP contribution in [-0.4, -0.2) is 10.2 Å². The van der Waals surface area contributed by atoms with E-state index in [4.69, 9.17) is 4.42 Å². The van der Waals surface area contributed by atoms with Crippen LogP contribution >= 0.6 is 0 Å². The highest BCUT2D eigenvalue weighted by Crippen LogP contribution is 2.29. The predicted molar refractivity (Wildman–Crippen MR) is 74.8 cm³/mol. The number of H-pyrrole nitrogens is 1. The Hall–Kier alpha value is -2.07. The summed E-state index contributed by atoms with van der Waals surface area (Å²) in [5.74, 6) is 1.00. The molecule has 0 aliphatic rings. The first-order valence-corrected chi connectivity index (χ1v) is 6.45. The zero-order valence-electron chi connectivity index (χ0n) is 11.1. The molecule has 0 saturated carbocycles. The first-order chi connectivity index (χ1) is 9.25. The van der Waals surface area contributed by atoms with Crippen LogP contribution < -0.4 is 5.32 Å². The number of hydrogen-bond acceptors (Lipinski definition) is 3. The first kappa shape index (κ1) is 12.0. The maximum absolute atomic E-state index is 5.94. The van der Waals surface area contributed by atoms with Crippen molar-refractivity contribution in [3.05, 3.63) is 53.5 Å². The van der Waals surface area contributed by atoms with Gasteiger partial charge in [0.15, 0.2) is 0 Å². The molecule has 0 spiro atoms. The minimum absolute atomic E-state index is 0.163. The van der Waals surface area contributed by atoms with Gasteiger partial charge in [0.2, 0.25) is 0 Å². The molecule has 19 heavy (non-hydrogen) atoms. The Labute approximate surface area is 111 Å². The summed E-state index contributed by atoms with van der Waals surface area (Å²) >= 11 is 0. The Kier molecular flexibility index (Phi) is 3.09. The minimum Gasteiger partial charge on any atom is -0.459 e. The third kappa shape index (κ3) is 2.27. The van der Waals surface area contributed by atoms with Crippen molar-refractivity contribution in [2.24, 2.45) is 0 Å². The van der Waals surface area contributed by atoms with E-state index in [0.29, 0.717) is 0 Å². The van der Waals surface area contributed by atoms with Crippen molar-refractivity contribution in [2.75, 3.05) is 0 Å². The summed E-state index contributed by atoms with van der Waals surface area (Å²) in [6, 6.07) is 10.3. The third-order valence-electron chi connectivity index (χ3n) is 3.43. The summed E-state index contributed by atoms with van der Waals surface area (Å²) in [4.78, 5) is 0. The smallest absolute Gasteiger partial charge is 0.134 e. The number of nitrogens with zero attached hydrogens (tertiary/aromatic N) is 1. The molecule has 1 unspecified atom stereocenters. The van der Waals surface area contributed by atoms with Gasteiger partial charge in [0, 0.05) is 23.8 Å². The molecule has 3 aromatic rings. The standard InChI is InChI=1S/C15H17N3O/c1-10-13-5-3-4-6-14(13)19-15(10)11(2)16-9-12-7-8-17-18-12/h3-8,11,16H,9H2,1-2H3,(H,17,18). The largest absolute Gasteiger partial charge is 0.459 e. The highest BCUT2D eigenvalue weighted by molar-refractivity contribution is 5.82. The van der Waals surface area contributed by atoms with E-state index in [1.807, 2.05) is 24.3 Å². The zero-order valence-corrected chi connectivity index (χ0v) is 11.1. The Bertz CT molecular complexity index is 670. The van der Waals surface area contributed by atoms with Gasteiger partial charge in [-0.25, -0.2) is 0 Å². The van der Waals surface area contributed by atoms with E-state index in [2.05, 4.69) is 35.4 Å². The van der Waals surface area contributed by atoms with Crippen molar-refractivity contribution in [3.63, 3.8) is 0 Å². The maximum atomic E-state index is 5.94. The summed E-state index contributed by atoms with van der Waals surface area (Å²) in [6.07, 6.45) is 1.76. The van der Waals surface area contributed by atoms with E-state index < -0.39 is 0 Å². The average Bonchev–Trinajstić information content (AvgIpc) is 3.05. The highest BCUT2D eigenvalue weighted by atomic mass is 16.3. The molecule has 0 aliphatic carbocycles. The van der Waals surface area contributed by atoms with Crippen LogP contribution in [0.2, 0.25) is 0 Å². The number of fused-ring (bicyclic) bond motifs is 1. The van der Waals surface area contributed by atoms with E-state index in [-0.39, 0.29) is 6.04 Å². The quantitative estimate of drug-likeness (QED) is 0.752. The van der Waals surface area contributed by atoms with Crippen molar-refractivity contribution < 1.29 is 4.42 Å². The van der Waals surface area contributed by atoms with Crippen LogP contribution in [0.5, 0.6) is 0 Å². The van der Waals surface area contributed by atoms with Crippen LogP contribution in [0.4, 0.5) is 0 Å². The topological polar surface area (TPSA) is 53.9 Å². The molecule has 4 nitrogen and oxygen atoms in total. The lowest BCUT2D eigenvalue weighted by atomic mass is 10.1. The number of aromatic nitrogens is 2. The molecule has 4 heteroatoms. The molecule has 3 rings (SSSR count). The molecule has 2 aromatic heterocycles. The number of aryl methyl sites for hydroxylation is 1. The number of nitrogens with one attached hydrogen (secondary N) is 2. The summed E-state index contributed by atoms with van der Waals surface area (Å²) in [7, 11) is 0. The molecule has 98 valence electrons. The monoisotopic (exact) mass is 255 g/mol. The number of hydrogen-bond donors (Lipinski definition) is 2. The molecule has 1 atom stereocenters. The molecule has 1 aromatic carbocycles. The fraction of sp³-hybridized carbons (Fsp3) is 0.267.